The Bertz CT molecular complexity index is 511. The van der Waals surface area contributed by atoms with Crippen LogP contribution in [-0.2, 0) is 4.79 Å². The number of unbranched alkanes of at least 4 members (excludes halogenated alkanes) is 1. The van der Waals surface area contributed by atoms with Crippen molar-refractivity contribution in [2.24, 2.45) is 0 Å². The fourth-order valence-corrected chi connectivity index (χ4v) is 1.39. The number of hydrogen-bond acceptors (Lipinski definition) is 5. The minimum atomic E-state index is -0.611. The Morgan fingerprint density at radius 3 is 2.79 bits per heavy atom. The minimum Gasteiger partial charge on any atom is -0.421 e. The van der Waals surface area contributed by atoms with E-state index in [9.17, 15) is 14.9 Å². The highest BCUT2D eigenvalue weighted by atomic mass is 16.6. The number of nitrogens with two attached hydrogens (primary N) is 1. The number of non-ortho nitro benzene ring substituents is 1. The monoisotopic (exact) mass is 264 g/mol. The summed E-state index contributed by atoms with van der Waals surface area (Å²) in [6.45, 7) is 5.62. The second-order valence-corrected chi connectivity index (χ2v) is 4.08. The number of carbonyl (C=O) groups is 1. The Kier molecular flexibility index (Phi) is 5.05. The van der Waals surface area contributed by atoms with E-state index in [0.717, 1.165) is 18.9 Å². The number of nitro benzene ring substituents is 1. The molecule has 0 aliphatic heterocycles. The third-order valence-corrected chi connectivity index (χ3v) is 2.53. The molecule has 0 radical (unpaired) electrons. The number of anilines is 1. The maximum absolute atomic E-state index is 11.7. The highest BCUT2D eigenvalue weighted by Gasteiger charge is 2.15. The minimum absolute atomic E-state index is 0.0168. The number of rotatable bonds is 6. The van der Waals surface area contributed by atoms with E-state index in [1.54, 1.807) is 0 Å². The molecular formula is C13H16N2O4. The molecule has 2 N–H and O–H groups in total. The highest BCUT2D eigenvalue weighted by Crippen LogP contribution is 2.27. The molecule has 1 rings (SSSR count). The SMILES string of the molecule is C=C(CCCC)C(=O)Oc1cc([N+](=O)[O-])ccc1N. The number of carbonyl (C=O) groups excluding carboxylic acids is 1. The van der Waals surface area contributed by atoms with E-state index in [1.165, 1.54) is 12.1 Å². The van der Waals surface area contributed by atoms with Crippen LogP contribution in [0.3, 0.4) is 0 Å². The van der Waals surface area contributed by atoms with Gasteiger partial charge in [0.15, 0.2) is 5.75 Å². The van der Waals surface area contributed by atoms with Gasteiger partial charge in [-0.3, -0.25) is 10.1 Å². The number of nitrogen functional groups attached to an aromatic ring is 1. The van der Waals surface area contributed by atoms with Crippen LogP contribution in [0.2, 0.25) is 0 Å². The van der Waals surface area contributed by atoms with Crippen LogP contribution in [0.1, 0.15) is 26.2 Å². The first-order valence-corrected chi connectivity index (χ1v) is 5.89. The quantitative estimate of drug-likeness (QED) is 0.213. The molecule has 6 heteroatoms. The van der Waals surface area contributed by atoms with E-state index in [0.29, 0.717) is 12.0 Å². The second kappa shape index (κ2) is 6.53. The summed E-state index contributed by atoms with van der Waals surface area (Å²) < 4.78 is 5.03. The molecule has 0 unspecified atom stereocenters. The summed E-state index contributed by atoms with van der Waals surface area (Å²) in [6, 6.07) is 3.70. The van der Waals surface area contributed by atoms with Crippen LogP contribution in [0.5, 0.6) is 5.75 Å². The smallest absolute Gasteiger partial charge is 0.338 e. The average Bonchev–Trinajstić information content (AvgIpc) is 2.38. The van der Waals surface area contributed by atoms with Crippen molar-refractivity contribution in [1.29, 1.82) is 0 Å². The van der Waals surface area contributed by atoms with Gasteiger partial charge in [-0.05, 0) is 18.9 Å². The second-order valence-electron chi connectivity index (χ2n) is 4.08. The fraction of sp³-hybridized carbons (Fsp3) is 0.308. The molecule has 0 saturated carbocycles. The molecule has 19 heavy (non-hydrogen) atoms. The van der Waals surface area contributed by atoms with Crippen molar-refractivity contribution in [3.8, 4) is 5.75 Å². The molecule has 0 aromatic heterocycles. The van der Waals surface area contributed by atoms with E-state index in [4.69, 9.17) is 10.5 Å². The first kappa shape index (κ1) is 14.7. The van der Waals surface area contributed by atoms with Gasteiger partial charge in [-0.15, -0.1) is 0 Å². The number of nitro groups is 1. The summed E-state index contributed by atoms with van der Waals surface area (Å²) in [5.74, 6) is -0.627. The lowest BCUT2D eigenvalue weighted by Crippen LogP contribution is -2.11. The zero-order valence-electron chi connectivity index (χ0n) is 10.7. The van der Waals surface area contributed by atoms with Gasteiger partial charge < -0.3 is 10.5 Å². The number of esters is 1. The van der Waals surface area contributed by atoms with Crippen molar-refractivity contribution < 1.29 is 14.5 Å². The normalized spacial score (nSPS) is 9.95. The van der Waals surface area contributed by atoms with Gasteiger partial charge >= 0.3 is 5.97 Å². The van der Waals surface area contributed by atoms with Crippen LogP contribution in [0.15, 0.2) is 30.4 Å². The van der Waals surface area contributed by atoms with Crippen LogP contribution in [-0.4, -0.2) is 10.9 Å². The third-order valence-electron chi connectivity index (χ3n) is 2.53. The van der Waals surface area contributed by atoms with E-state index in [-0.39, 0.29) is 17.1 Å². The molecule has 102 valence electrons. The van der Waals surface area contributed by atoms with Crippen LogP contribution >= 0.6 is 0 Å². The molecule has 0 atom stereocenters. The summed E-state index contributed by atoms with van der Waals surface area (Å²) >= 11 is 0. The van der Waals surface area contributed by atoms with Gasteiger partial charge in [0.25, 0.3) is 5.69 Å². The Morgan fingerprint density at radius 2 is 2.21 bits per heavy atom. The lowest BCUT2D eigenvalue weighted by Gasteiger charge is -2.08. The topological polar surface area (TPSA) is 95.5 Å². The molecule has 0 saturated heterocycles. The zero-order chi connectivity index (χ0) is 14.4. The molecule has 1 aromatic rings. The predicted octanol–water partition coefficient (Wildman–Crippen LogP) is 2.83. The molecule has 0 aliphatic carbocycles. The van der Waals surface area contributed by atoms with Gasteiger partial charge in [0.2, 0.25) is 0 Å². The van der Waals surface area contributed by atoms with E-state index in [2.05, 4.69) is 6.58 Å². The Hall–Kier alpha value is -2.37. The summed E-state index contributed by atoms with van der Waals surface area (Å²) in [5, 5.41) is 10.6. The lowest BCUT2D eigenvalue weighted by molar-refractivity contribution is -0.384. The predicted molar refractivity (Wildman–Crippen MR) is 71.8 cm³/mol. The van der Waals surface area contributed by atoms with E-state index < -0.39 is 10.9 Å². The summed E-state index contributed by atoms with van der Waals surface area (Å²) in [7, 11) is 0. The molecule has 0 aliphatic rings. The van der Waals surface area contributed by atoms with Crippen LogP contribution in [0.4, 0.5) is 11.4 Å². The first-order valence-electron chi connectivity index (χ1n) is 5.89. The Labute approximate surface area is 111 Å². The molecular weight excluding hydrogens is 248 g/mol. The maximum Gasteiger partial charge on any atom is 0.338 e. The molecule has 0 amide bonds. The van der Waals surface area contributed by atoms with Crippen molar-refractivity contribution in [3.63, 3.8) is 0 Å². The standard InChI is InChI=1S/C13H16N2O4/c1-3-4-5-9(2)13(16)19-12-8-10(15(17)18)6-7-11(12)14/h6-8H,2-5,14H2,1H3. The van der Waals surface area contributed by atoms with Crippen molar-refractivity contribution in [2.75, 3.05) is 5.73 Å². The van der Waals surface area contributed by atoms with Gasteiger partial charge in [-0.1, -0.05) is 19.9 Å². The molecule has 0 bridgehead atoms. The van der Waals surface area contributed by atoms with Gasteiger partial charge in [0.05, 0.1) is 16.7 Å². The van der Waals surface area contributed by atoms with Gasteiger partial charge in [-0.25, -0.2) is 4.79 Å². The lowest BCUT2D eigenvalue weighted by atomic mass is 10.1. The maximum atomic E-state index is 11.7. The van der Waals surface area contributed by atoms with Crippen LogP contribution in [0, 0.1) is 10.1 Å². The van der Waals surface area contributed by atoms with E-state index >= 15 is 0 Å². The highest BCUT2D eigenvalue weighted by molar-refractivity contribution is 5.90. The summed E-state index contributed by atoms with van der Waals surface area (Å²) in [4.78, 5) is 21.8. The van der Waals surface area contributed by atoms with E-state index in [1.807, 2.05) is 6.92 Å². The summed E-state index contributed by atoms with van der Waals surface area (Å²) in [6.07, 6.45) is 2.30. The van der Waals surface area contributed by atoms with Crippen LogP contribution < -0.4 is 10.5 Å². The number of ether oxygens (including phenoxy) is 1. The number of hydrogen-bond donors (Lipinski definition) is 1. The molecule has 0 fully saturated rings. The fourth-order valence-electron chi connectivity index (χ4n) is 1.39. The Balaban J connectivity index is 2.81. The molecule has 1 aromatic carbocycles. The largest absolute Gasteiger partial charge is 0.421 e. The number of nitrogens with zero attached hydrogens (tertiary/aromatic N) is 1. The van der Waals surface area contributed by atoms with Crippen molar-refractivity contribution in [3.05, 3.63) is 40.5 Å². The Morgan fingerprint density at radius 1 is 1.53 bits per heavy atom. The van der Waals surface area contributed by atoms with Crippen molar-refractivity contribution in [1.82, 2.24) is 0 Å². The molecule has 0 heterocycles. The average molecular weight is 264 g/mol. The van der Waals surface area contributed by atoms with Gasteiger partial charge in [0, 0.05) is 11.6 Å². The zero-order valence-corrected chi connectivity index (χ0v) is 10.7. The van der Waals surface area contributed by atoms with Crippen molar-refractivity contribution in [2.45, 2.75) is 26.2 Å². The van der Waals surface area contributed by atoms with Crippen LogP contribution in [0.25, 0.3) is 0 Å². The first-order chi connectivity index (χ1) is 8.95. The molecule has 6 nitrogen and oxygen atoms in total. The molecule has 0 spiro atoms. The van der Waals surface area contributed by atoms with Crippen molar-refractivity contribution >= 4 is 17.3 Å². The third kappa shape index (κ3) is 4.09. The summed E-state index contributed by atoms with van der Waals surface area (Å²) in [5.41, 5.74) is 5.92. The number of benzene rings is 1. The van der Waals surface area contributed by atoms with Gasteiger partial charge in [0.1, 0.15) is 0 Å². The van der Waals surface area contributed by atoms with Gasteiger partial charge in [-0.2, -0.15) is 0 Å².